The third-order valence-electron chi connectivity index (χ3n) is 4.85. The fourth-order valence-electron chi connectivity index (χ4n) is 3.61. The number of ether oxygens (including phenoxy) is 1. The second-order valence-electron chi connectivity index (χ2n) is 6.48. The van der Waals surface area contributed by atoms with Crippen molar-refractivity contribution in [1.82, 2.24) is 14.8 Å². The van der Waals surface area contributed by atoms with Gasteiger partial charge in [0.25, 0.3) is 6.43 Å². The molecule has 2 aromatic rings. The Labute approximate surface area is 149 Å². The summed E-state index contributed by atoms with van der Waals surface area (Å²) in [7, 11) is 0. The van der Waals surface area contributed by atoms with Crippen molar-refractivity contribution in [3.8, 4) is 11.5 Å². The van der Waals surface area contributed by atoms with Crippen molar-refractivity contribution in [2.75, 3.05) is 6.61 Å². The first-order valence-electron chi connectivity index (χ1n) is 8.65. The molecule has 0 aromatic carbocycles. The number of carbonyl (C=O) groups excluding carboxylic acids is 1. The molecule has 0 saturated heterocycles. The van der Waals surface area contributed by atoms with E-state index >= 15 is 0 Å². The molecule has 1 N–H and O–H groups in total. The number of rotatable bonds is 7. The number of aldehydes is 1. The lowest BCUT2D eigenvalue weighted by molar-refractivity contribution is 0.111. The van der Waals surface area contributed by atoms with Gasteiger partial charge in [0.05, 0.1) is 19.0 Å². The van der Waals surface area contributed by atoms with Crippen molar-refractivity contribution in [3.63, 3.8) is 0 Å². The highest BCUT2D eigenvalue weighted by molar-refractivity contribution is 5.82. The molecule has 1 fully saturated rings. The number of alkyl halides is 2. The fraction of sp³-hybridized carbons (Fsp3) is 0.500. The molecule has 0 aliphatic heterocycles. The molecule has 1 aliphatic carbocycles. The van der Waals surface area contributed by atoms with Crippen molar-refractivity contribution < 1.29 is 23.4 Å². The Morgan fingerprint density at radius 1 is 1.35 bits per heavy atom. The van der Waals surface area contributed by atoms with Crippen LogP contribution in [0.25, 0.3) is 0 Å². The lowest BCUT2D eigenvalue weighted by Crippen LogP contribution is -2.27. The van der Waals surface area contributed by atoms with Crippen LogP contribution in [0.4, 0.5) is 8.78 Å². The maximum atomic E-state index is 12.8. The number of aromatic hydroxyl groups is 1. The average Bonchev–Trinajstić information content (AvgIpc) is 3.07. The van der Waals surface area contributed by atoms with Gasteiger partial charge in [-0.3, -0.25) is 14.5 Å². The molecule has 2 unspecified atom stereocenters. The summed E-state index contributed by atoms with van der Waals surface area (Å²) < 4.78 is 32.7. The summed E-state index contributed by atoms with van der Waals surface area (Å²) in [6, 6.07) is 1.79. The number of aromatic nitrogens is 3. The van der Waals surface area contributed by atoms with Gasteiger partial charge in [0.2, 0.25) is 0 Å². The smallest absolute Gasteiger partial charge is 0.257 e. The Kier molecular flexibility index (Phi) is 5.80. The van der Waals surface area contributed by atoms with E-state index in [0.717, 1.165) is 31.4 Å². The molecule has 6 nitrogen and oxygen atoms in total. The highest BCUT2D eigenvalue weighted by Crippen LogP contribution is 2.38. The Bertz CT molecular complexity index is 751. The number of carbonyl (C=O) groups is 1. The quantitative estimate of drug-likeness (QED) is 0.761. The predicted octanol–water partition coefficient (Wildman–Crippen LogP) is 3.41. The third kappa shape index (κ3) is 4.00. The van der Waals surface area contributed by atoms with Crippen LogP contribution in [-0.4, -0.2) is 39.2 Å². The van der Waals surface area contributed by atoms with Crippen molar-refractivity contribution in [2.45, 2.75) is 44.6 Å². The van der Waals surface area contributed by atoms with E-state index < -0.39 is 13.0 Å². The molecule has 3 rings (SSSR count). The Morgan fingerprint density at radius 2 is 2.15 bits per heavy atom. The first-order chi connectivity index (χ1) is 12.6. The van der Waals surface area contributed by atoms with Crippen LogP contribution in [0.3, 0.4) is 0 Å². The van der Waals surface area contributed by atoms with Crippen molar-refractivity contribution in [2.24, 2.45) is 5.92 Å². The fourth-order valence-corrected chi connectivity index (χ4v) is 3.61. The van der Waals surface area contributed by atoms with Crippen LogP contribution >= 0.6 is 0 Å². The molecule has 8 heteroatoms. The largest absolute Gasteiger partial charge is 0.505 e. The molecule has 0 bridgehead atoms. The number of halogens is 2. The molecule has 26 heavy (non-hydrogen) atoms. The van der Waals surface area contributed by atoms with Crippen molar-refractivity contribution in [1.29, 1.82) is 0 Å². The minimum absolute atomic E-state index is 0.0648. The van der Waals surface area contributed by atoms with Gasteiger partial charge in [0.15, 0.2) is 12.0 Å². The van der Waals surface area contributed by atoms with E-state index in [1.165, 1.54) is 17.1 Å². The van der Waals surface area contributed by atoms with E-state index in [-0.39, 0.29) is 28.9 Å². The molecule has 2 aromatic heterocycles. The van der Waals surface area contributed by atoms with E-state index in [1.54, 1.807) is 12.3 Å². The zero-order valence-corrected chi connectivity index (χ0v) is 14.2. The van der Waals surface area contributed by atoms with Gasteiger partial charge in [-0.15, -0.1) is 0 Å². The molecule has 0 amide bonds. The summed E-state index contributed by atoms with van der Waals surface area (Å²) in [5, 5.41) is 13.7. The normalized spacial score (nSPS) is 20.3. The summed E-state index contributed by atoms with van der Waals surface area (Å²) in [5.74, 6) is 0.173. The first kappa shape index (κ1) is 18.3. The van der Waals surface area contributed by atoms with E-state index in [9.17, 15) is 18.7 Å². The molecule has 1 saturated carbocycles. The van der Waals surface area contributed by atoms with Gasteiger partial charge < -0.3 is 9.84 Å². The monoisotopic (exact) mass is 365 g/mol. The van der Waals surface area contributed by atoms with Crippen LogP contribution in [0.2, 0.25) is 0 Å². The molecule has 0 radical (unpaired) electrons. The van der Waals surface area contributed by atoms with Gasteiger partial charge in [0.1, 0.15) is 17.9 Å². The maximum absolute atomic E-state index is 12.8. The molecular weight excluding hydrogens is 344 g/mol. The van der Waals surface area contributed by atoms with Crippen molar-refractivity contribution >= 4 is 6.29 Å². The summed E-state index contributed by atoms with van der Waals surface area (Å²) in [5.41, 5.74) is 0.860. The second-order valence-corrected chi connectivity index (χ2v) is 6.48. The van der Waals surface area contributed by atoms with Crippen LogP contribution in [0.15, 0.2) is 24.7 Å². The van der Waals surface area contributed by atoms with Crippen molar-refractivity contribution in [3.05, 3.63) is 35.9 Å². The standard InChI is InChI=1S/C18H21F2N3O3/c19-18(20)9-23-15(5-6-22-23)13-4-2-1-3-12(13)11-26-17-8-21-7-16(25)14(17)10-24/h5-8,10,12-13,18,25H,1-4,9,11H2. The van der Waals surface area contributed by atoms with Crippen LogP contribution in [0.5, 0.6) is 11.5 Å². The highest BCUT2D eigenvalue weighted by Gasteiger charge is 2.30. The van der Waals surface area contributed by atoms with Crippen LogP contribution in [-0.2, 0) is 6.54 Å². The van der Waals surface area contributed by atoms with E-state index in [2.05, 4.69) is 10.1 Å². The summed E-state index contributed by atoms with van der Waals surface area (Å²) in [6.45, 7) is -0.103. The summed E-state index contributed by atoms with van der Waals surface area (Å²) in [4.78, 5) is 15.0. The Balaban J connectivity index is 1.75. The van der Waals surface area contributed by atoms with Gasteiger partial charge in [-0.1, -0.05) is 12.8 Å². The maximum Gasteiger partial charge on any atom is 0.257 e. The van der Waals surface area contributed by atoms with E-state index in [4.69, 9.17) is 4.74 Å². The first-order valence-corrected chi connectivity index (χ1v) is 8.65. The molecule has 1 aliphatic rings. The molecule has 0 spiro atoms. The number of hydrogen-bond donors (Lipinski definition) is 1. The lowest BCUT2D eigenvalue weighted by Gasteiger charge is -2.32. The highest BCUT2D eigenvalue weighted by atomic mass is 19.3. The molecule has 2 atom stereocenters. The van der Waals surface area contributed by atoms with E-state index in [1.807, 2.05) is 0 Å². The minimum atomic E-state index is -2.46. The van der Waals surface area contributed by atoms with Crippen LogP contribution in [0, 0.1) is 5.92 Å². The van der Waals surface area contributed by atoms with Gasteiger partial charge in [-0.05, 0) is 18.9 Å². The predicted molar refractivity (Wildman–Crippen MR) is 89.7 cm³/mol. The van der Waals surface area contributed by atoms with Gasteiger partial charge >= 0.3 is 0 Å². The van der Waals surface area contributed by atoms with E-state index in [0.29, 0.717) is 12.9 Å². The number of hydrogen-bond acceptors (Lipinski definition) is 5. The third-order valence-corrected chi connectivity index (χ3v) is 4.85. The zero-order chi connectivity index (χ0) is 18.5. The van der Waals surface area contributed by atoms with Crippen LogP contribution in [0.1, 0.15) is 47.7 Å². The zero-order valence-electron chi connectivity index (χ0n) is 14.2. The van der Waals surface area contributed by atoms with Crippen LogP contribution < -0.4 is 4.74 Å². The Hall–Kier alpha value is -2.51. The van der Waals surface area contributed by atoms with Gasteiger partial charge in [0, 0.05) is 23.7 Å². The topological polar surface area (TPSA) is 77.2 Å². The average molecular weight is 365 g/mol. The number of pyridine rings is 1. The summed E-state index contributed by atoms with van der Waals surface area (Å²) in [6.07, 6.45) is 6.03. The number of nitrogens with zero attached hydrogens (tertiary/aromatic N) is 3. The van der Waals surface area contributed by atoms with Gasteiger partial charge in [-0.25, -0.2) is 8.78 Å². The molecule has 140 valence electrons. The molecular formula is C18H21F2N3O3. The summed E-state index contributed by atoms with van der Waals surface area (Å²) >= 11 is 0. The SMILES string of the molecule is O=Cc1c(O)cncc1OCC1CCCCC1c1ccnn1CC(F)F. The Morgan fingerprint density at radius 3 is 2.92 bits per heavy atom. The molecule has 2 heterocycles. The minimum Gasteiger partial charge on any atom is -0.505 e. The lowest BCUT2D eigenvalue weighted by atomic mass is 9.78. The van der Waals surface area contributed by atoms with Gasteiger partial charge in [-0.2, -0.15) is 5.10 Å². The second kappa shape index (κ2) is 8.25.